The molecule has 6 heteroatoms. The first-order chi connectivity index (χ1) is 12.9. The summed E-state index contributed by atoms with van der Waals surface area (Å²) in [6.07, 6.45) is -0.702. The molecule has 0 spiro atoms. The Balaban J connectivity index is 1.90. The average Bonchev–Trinajstić information content (AvgIpc) is 2.68. The van der Waals surface area contributed by atoms with Crippen LogP contribution in [0, 0.1) is 0 Å². The van der Waals surface area contributed by atoms with Gasteiger partial charge in [-0.3, -0.25) is 9.59 Å². The minimum absolute atomic E-state index is 0.0137. The van der Waals surface area contributed by atoms with Gasteiger partial charge >= 0.3 is 5.97 Å². The van der Waals surface area contributed by atoms with E-state index in [0.717, 1.165) is 5.56 Å². The van der Waals surface area contributed by atoms with Gasteiger partial charge in [0.05, 0.1) is 20.6 Å². The number of esters is 1. The number of methoxy groups -OCH3 is 2. The topological polar surface area (TPSA) is 73.9 Å². The van der Waals surface area contributed by atoms with Crippen LogP contribution < -0.4 is 14.8 Å². The fourth-order valence-corrected chi connectivity index (χ4v) is 2.61. The predicted molar refractivity (Wildman–Crippen MR) is 103 cm³/mol. The van der Waals surface area contributed by atoms with Crippen molar-refractivity contribution in [1.29, 1.82) is 0 Å². The molecule has 27 heavy (non-hydrogen) atoms. The van der Waals surface area contributed by atoms with E-state index in [4.69, 9.17) is 14.2 Å². The maximum absolute atomic E-state index is 12.3. The second kappa shape index (κ2) is 9.62. The number of nitrogens with one attached hydrogen (secondary N) is 1. The number of benzene rings is 2. The van der Waals surface area contributed by atoms with Crippen LogP contribution in [-0.4, -0.2) is 32.2 Å². The largest absolute Gasteiger partial charge is 0.493 e. The van der Waals surface area contributed by atoms with Crippen LogP contribution in [0.15, 0.2) is 48.5 Å². The lowest BCUT2D eigenvalue weighted by atomic mass is 9.98. The smallest absolute Gasteiger partial charge is 0.307 e. The van der Waals surface area contributed by atoms with Gasteiger partial charge in [-0.05, 0) is 30.5 Å². The van der Waals surface area contributed by atoms with E-state index in [0.29, 0.717) is 17.2 Å². The van der Waals surface area contributed by atoms with Crippen LogP contribution in [0.2, 0.25) is 0 Å². The van der Waals surface area contributed by atoms with E-state index in [2.05, 4.69) is 5.32 Å². The van der Waals surface area contributed by atoms with E-state index >= 15 is 0 Å². The molecule has 0 aliphatic heterocycles. The minimum Gasteiger partial charge on any atom is -0.493 e. The summed E-state index contributed by atoms with van der Waals surface area (Å²) in [6.45, 7) is 3.49. The number of anilines is 1. The van der Waals surface area contributed by atoms with E-state index in [1.807, 2.05) is 37.3 Å². The van der Waals surface area contributed by atoms with Gasteiger partial charge in [-0.1, -0.05) is 37.3 Å². The molecular weight excluding hydrogens is 346 g/mol. The number of carbonyl (C=O) groups excluding carboxylic acids is 2. The molecule has 0 aromatic heterocycles. The van der Waals surface area contributed by atoms with Gasteiger partial charge in [-0.2, -0.15) is 0 Å². The summed E-state index contributed by atoms with van der Waals surface area (Å²) in [5, 5.41) is 2.71. The Morgan fingerprint density at radius 3 is 2.26 bits per heavy atom. The highest BCUT2D eigenvalue weighted by atomic mass is 16.5. The summed E-state index contributed by atoms with van der Waals surface area (Å²) >= 11 is 0. The lowest BCUT2D eigenvalue weighted by Gasteiger charge is -2.16. The zero-order valence-electron chi connectivity index (χ0n) is 16.0. The van der Waals surface area contributed by atoms with Gasteiger partial charge in [0.15, 0.2) is 17.6 Å². The summed E-state index contributed by atoms with van der Waals surface area (Å²) < 4.78 is 15.6. The van der Waals surface area contributed by atoms with Gasteiger partial charge < -0.3 is 19.5 Å². The number of ether oxygens (including phenoxy) is 3. The predicted octanol–water partition coefficient (Wildman–Crippen LogP) is 3.77. The Morgan fingerprint density at radius 2 is 1.63 bits per heavy atom. The first-order valence-electron chi connectivity index (χ1n) is 8.72. The summed E-state index contributed by atoms with van der Waals surface area (Å²) in [5.41, 5.74) is 1.58. The molecule has 0 bridgehead atoms. The summed E-state index contributed by atoms with van der Waals surface area (Å²) in [4.78, 5) is 24.4. The quantitative estimate of drug-likeness (QED) is 0.715. The van der Waals surface area contributed by atoms with Crippen LogP contribution >= 0.6 is 0 Å². The minimum atomic E-state index is -0.909. The van der Waals surface area contributed by atoms with Gasteiger partial charge in [0.25, 0.3) is 5.91 Å². The lowest BCUT2D eigenvalue weighted by Crippen LogP contribution is -2.30. The molecule has 1 amide bonds. The summed E-state index contributed by atoms with van der Waals surface area (Å²) in [6, 6.07) is 14.7. The molecule has 0 fully saturated rings. The summed E-state index contributed by atoms with van der Waals surface area (Å²) in [7, 11) is 3.05. The maximum atomic E-state index is 12.3. The summed E-state index contributed by atoms with van der Waals surface area (Å²) in [5.74, 6) is 0.241. The second-order valence-electron chi connectivity index (χ2n) is 6.21. The highest BCUT2D eigenvalue weighted by Gasteiger charge is 2.20. The van der Waals surface area contributed by atoms with Crippen molar-refractivity contribution in [3.8, 4) is 11.5 Å². The van der Waals surface area contributed by atoms with E-state index in [-0.39, 0.29) is 12.3 Å². The molecule has 2 aromatic carbocycles. The van der Waals surface area contributed by atoms with Crippen LogP contribution in [0.25, 0.3) is 0 Å². The van der Waals surface area contributed by atoms with E-state index in [9.17, 15) is 9.59 Å². The van der Waals surface area contributed by atoms with Crippen molar-refractivity contribution in [2.75, 3.05) is 19.5 Å². The van der Waals surface area contributed by atoms with Gasteiger partial charge in [0, 0.05) is 11.8 Å². The van der Waals surface area contributed by atoms with E-state index in [1.165, 1.54) is 14.2 Å². The molecule has 0 radical (unpaired) electrons. The molecule has 1 N–H and O–H groups in total. The Morgan fingerprint density at radius 1 is 0.963 bits per heavy atom. The third-order valence-electron chi connectivity index (χ3n) is 4.17. The van der Waals surface area contributed by atoms with E-state index in [1.54, 1.807) is 25.1 Å². The third-order valence-corrected chi connectivity index (χ3v) is 4.17. The number of carbonyl (C=O) groups is 2. The molecule has 6 nitrogen and oxygen atoms in total. The molecule has 0 saturated carbocycles. The molecule has 0 heterocycles. The SMILES string of the molecule is COc1ccc(NC(=O)[C@@H](C)OC(=O)C[C@H](C)c2ccccc2)cc1OC. The van der Waals surface area contributed by atoms with Gasteiger partial charge in [-0.25, -0.2) is 0 Å². The van der Waals surface area contributed by atoms with Crippen molar-refractivity contribution in [2.45, 2.75) is 32.3 Å². The van der Waals surface area contributed by atoms with Gasteiger partial charge in [-0.15, -0.1) is 0 Å². The number of rotatable bonds is 8. The normalized spacial score (nSPS) is 12.6. The fourth-order valence-electron chi connectivity index (χ4n) is 2.61. The van der Waals surface area contributed by atoms with Crippen LogP contribution in [0.5, 0.6) is 11.5 Å². The standard InChI is InChI=1S/C21H25NO5/c1-14(16-8-6-5-7-9-16)12-20(23)27-15(2)21(24)22-17-10-11-18(25-3)19(13-17)26-4/h5-11,13-15H,12H2,1-4H3,(H,22,24)/t14-,15+/m0/s1. The van der Waals surface area contributed by atoms with Crippen molar-refractivity contribution in [3.05, 3.63) is 54.1 Å². The van der Waals surface area contributed by atoms with Gasteiger partial charge in [0.1, 0.15) is 0 Å². The molecule has 0 aliphatic carbocycles. The lowest BCUT2D eigenvalue weighted by molar-refractivity contribution is -0.153. The molecule has 2 atom stereocenters. The van der Waals surface area contributed by atoms with Crippen molar-refractivity contribution >= 4 is 17.6 Å². The maximum Gasteiger partial charge on any atom is 0.307 e. The monoisotopic (exact) mass is 371 g/mol. The van der Waals surface area contributed by atoms with Crippen molar-refractivity contribution in [1.82, 2.24) is 0 Å². The van der Waals surface area contributed by atoms with E-state index < -0.39 is 18.0 Å². The Bertz CT molecular complexity index is 775. The Labute approximate surface area is 159 Å². The molecular formula is C21H25NO5. The molecule has 0 aliphatic rings. The Kier molecular flexibility index (Phi) is 7.23. The Hall–Kier alpha value is -3.02. The van der Waals surface area contributed by atoms with Crippen molar-refractivity contribution in [3.63, 3.8) is 0 Å². The first kappa shape index (κ1) is 20.3. The highest BCUT2D eigenvalue weighted by Crippen LogP contribution is 2.29. The van der Waals surface area contributed by atoms with Crippen LogP contribution in [0.1, 0.15) is 31.7 Å². The van der Waals surface area contributed by atoms with Crippen LogP contribution in [0.3, 0.4) is 0 Å². The average molecular weight is 371 g/mol. The first-order valence-corrected chi connectivity index (χ1v) is 8.72. The third kappa shape index (κ3) is 5.74. The zero-order chi connectivity index (χ0) is 19.8. The van der Waals surface area contributed by atoms with Crippen LogP contribution in [-0.2, 0) is 14.3 Å². The second-order valence-corrected chi connectivity index (χ2v) is 6.21. The molecule has 0 unspecified atom stereocenters. The van der Waals surface area contributed by atoms with Crippen molar-refractivity contribution < 1.29 is 23.8 Å². The molecule has 0 saturated heterocycles. The molecule has 144 valence electrons. The molecule has 2 rings (SSSR count). The highest BCUT2D eigenvalue weighted by molar-refractivity contribution is 5.95. The number of hydrogen-bond donors (Lipinski definition) is 1. The zero-order valence-corrected chi connectivity index (χ0v) is 16.0. The number of hydrogen-bond acceptors (Lipinski definition) is 5. The van der Waals surface area contributed by atoms with Crippen LogP contribution in [0.4, 0.5) is 5.69 Å². The van der Waals surface area contributed by atoms with Gasteiger partial charge in [0.2, 0.25) is 0 Å². The molecule has 2 aromatic rings. The number of amides is 1. The van der Waals surface area contributed by atoms with Crippen molar-refractivity contribution in [2.24, 2.45) is 0 Å². The fraction of sp³-hybridized carbons (Fsp3) is 0.333.